The minimum absolute atomic E-state index is 0.0330. The Morgan fingerprint density at radius 1 is 1.24 bits per heavy atom. The van der Waals surface area contributed by atoms with Gasteiger partial charge in [0.2, 0.25) is 10.0 Å². The van der Waals surface area contributed by atoms with Gasteiger partial charge in [-0.1, -0.05) is 16.8 Å². The highest BCUT2D eigenvalue weighted by atomic mass is 35.5. The molecule has 0 bridgehead atoms. The van der Waals surface area contributed by atoms with E-state index in [4.69, 9.17) is 16.1 Å². The maximum absolute atomic E-state index is 12.5. The van der Waals surface area contributed by atoms with Crippen molar-refractivity contribution in [2.24, 2.45) is 0 Å². The second kappa shape index (κ2) is 6.78. The van der Waals surface area contributed by atoms with Crippen molar-refractivity contribution >= 4 is 33.2 Å². The molecule has 0 radical (unpaired) electrons. The minimum atomic E-state index is -3.88. The van der Waals surface area contributed by atoms with E-state index < -0.39 is 21.5 Å². The van der Waals surface area contributed by atoms with E-state index >= 15 is 0 Å². The zero-order chi connectivity index (χ0) is 19.0. The van der Waals surface area contributed by atoms with E-state index in [1.54, 1.807) is 34.6 Å². The second-order valence-electron chi connectivity index (χ2n) is 6.65. The molecule has 1 aromatic carbocycles. The molecule has 0 aliphatic heterocycles. The number of rotatable bonds is 4. The highest BCUT2D eigenvalue weighted by Gasteiger charge is 2.25. The number of carbonyl (C=O) groups excluding carboxylic acids is 1. The first-order valence-corrected chi connectivity index (χ1v) is 9.34. The van der Waals surface area contributed by atoms with Gasteiger partial charge in [-0.3, -0.25) is 4.79 Å². The molecule has 7 nitrogen and oxygen atoms in total. The van der Waals surface area contributed by atoms with Crippen LogP contribution in [0, 0.1) is 13.8 Å². The number of carbonyl (C=O) groups is 1. The van der Waals surface area contributed by atoms with Gasteiger partial charge in [0, 0.05) is 11.1 Å². The summed E-state index contributed by atoms with van der Waals surface area (Å²) in [5.74, 6) is -0.0275. The predicted octanol–water partition coefficient (Wildman–Crippen LogP) is 3.27. The van der Waals surface area contributed by atoms with Crippen LogP contribution in [0.2, 0.25) is 5.02 Å². The molecule has 0 spiro atoms. The number of nitrogens with zero attached hydrogens (tertiary/aromatic N) is 1. The van der Waals surface area contributed by atoms with E-state index in [0.29, 0.717) is 17.1 Å². The summed E-state index contributed by atoms with van der Waals surface area (Å²) in [5.41, 5.74) is 0.454. The van der Waals surface area contributed by atoms with Crippen molar-refractivity contribution < 1.29 is 17.7 Å². The van der Waals surface area contributed by atoms with Crippen LogP contribution in [0.3, 0.4) is 0 Å². The van der Waals surface area contributed by atoms with E-state index in [9.17, 15) is 13.2 Å². The van der Waals surface area contributed by atoms with Crippen LogP contribution in [0.5, 0.6) is 0 Å². The number of aromatic nitrogens is 1. The van der Waals surface area contributed by atoms with Crippen molar-refractivity contribution in [1.29, 1.82) is 0 Å². The van der Waals surface area contributed by atoms with Gasteiger partial charge < -0.3 is 9.84 Å². The third kappa shape index (κ3) is 4.59. The van der Waals surface area contributed by atoms with Crippen molar-refractivity contribution in [2.75, 3.05) is 5.32 Å². The van der Waals surface area contributed by atoms with Crippen molar-refractivity contribution in [2.45, 2.75) is 45.1 Å². The molecule has 0 saturated carbocycles. The third-order valence-corrected chi connectivity index (χ3v) is 5.43. The molecule has 1 aromatic heterocycles. The first-order chi connectivity index (χ1) is 11.4. The average Bonchev–Trinajstić information content (AvgIpc) is 2.76. The highest BCUT2D eigenvalue weighted by molar-refractivity contribution is 7.89. The van der Waals surface area contributed by atoms with Crippen molar-refractivity contribution in [3.63, 3.8) is 0 Å². The number of sulfonamides is 1. The van der Waals surface area contributed by atoms with Gasteiger partial charge in [0.15, 0.2) is 5.76 Å². The Morgan fingerprint density at radius 2 is 1.88 bits per heavy atom. The van der Waals surface area contributed by atoms with Gasteiger partial charge in [0.1, 0.15) is 16.3 Å². The molecule has 2 rings (SSSR count). The Labute approximate surface area is 151 Å². The smallest absolute Gasteiger partial charge is 0.255 e. The largest absolute Gasteiger partial charge is 0.359 e. The zero-order valence-corrected chi connectivity index (χ0v) is 16.2. The van der Waals surface area contributed by atoms with Gasteiger partial charge >= 0.3 is 0 Å². The van der Waals surface area contributed by atoms with Crippen LogP contribution in [0.1, 0.15) is 42.6 Å². The quantitative estimate of drug-likeness (QED) is 0.840. The van der Waals surface area contributed by atoms with Gasteiger partial charge in [-0.25, -0.2) is 13.1 Å². The van der Waals surface area contributed by atoms with Crippen LogP contribution in [-0.4, -0.2) is 25.0 Å². The summed E-state index contributed by atoms with van der Waals surface area (Å²) < 4.78 is 32.5. The number of hydrogen-bond acceptors (Lipinski definition) is 5. The number of halogens is 1. The Balaban J connectivity index is 2.37. The van der Waals surface area contributed by atoms with Gasteiger partial charge in [-0.2, -0.15) is 0 Å². The zero-order valence-electron chi connectivity index (χ0n) is 14.6. The molecule has 0 fully saturated rings. The molecule has 2 N–H and O–H groups in total. The number of amides is 1. The molecule has 0 unspecified atom stereocenters. The molecule has 25 heavy (non-hydrogen) atoms. The fraction of sp³-hybridized carbons (Fsp3) is 0.375. The second-order valence-corrected chi connectivity index (χ2v) is 8.71. The summed E-state index contributed by atoms with van der Waals surface area (Å²) >= 11 is 6.03. The molecule has 0 aliphatic rings. The topological polar surface area (TPSA) is 101 Å². The highest BCUT2D eigenvalue weighted by Crippen LogP contribution is 2.25. The van der Waals surface area contributed by atoms with Crippen LogP contribution in [0.15, 0.2) is 27.6 Å². The van der Waals surface area contributed by atoms with Gasteiger partial charge in [-0.15, -0.1) is 0 Å². The van der Waals surface area contributed by atoms with Crippen LogP contribution < -0.4 is 10.0 Å². The van der Waals surface area contributed by atoms with E-state index in [1.807, 2.05) is 0 Å². The van der Waals surface area contributed by atoms with Crippen molar-refractivity contribution in [1.82, 2.24) is 9.88 Å². The van der Waals surface area contributed by atoms with Gasteiger partial charge in [0.05, 0.1) is 5.02 Å². The van der Waals surface area contributed by atoms with Crippen LogP contribution in [-0.2, 0) is 10.0 Å². The normalized spacial score (nSPS) is 12.2. The Kier molecular flexibility index (Phi) is 5.27. The summed E-state index contributed by atoms with van der Waals surface area (Å²) in [7, 11) is -3.88. The Morgan fingerprint density at radius 3 is 2.40 bits per heavy atom. The van der Waals surface area contributed by atoms with Crippen LogP contribution >= 0.6 is 11.6 Å². The molecule has 136 valence electrons. The van der Waals surface area contributed by atoms with Gasteiger partial charge in [-0.05, 0) is 52.8 Å². The molecular weight excluding hydrogens is 366 g/mol. The molecule has 0 atom stereocenters. The lowest BCUT2D eigenvalue weighted by molar-refractivity contribution is 0.102. The third-order valence-electron chi connectivity index (χ3n) is 3.20. The van der Waals surface area contributed by atoms with Crippen molar-refractivity contribution in [3.05, 3.63) is 40.2 Å². The predicted molar refractivity (Wildman–Crippen MR) is 95.5 cm³/mol. The number of anilines is 1. The van der Waals surface area contributed by atoms with Crippen LogP contribution in [0.25, 0.3) is 0 Å². The van der Waals surface area contributed by atoms with Crippen molar-refractivity contribution in [3.8, 4) is 0 Å². The van der Waals surface area contributed by atoms with E-state index in [0.717, 1.165) is 0 Å². The summed E-state index contributed by atoms with van der Waals surface area (Å²) in [6.07, 6.45) is 0. The Bertz CT molecular complexity index is 894. The maximum atomic E-state index is 12.5. The lowest BCUT2D eigenvalue weighted by Gasteiger charge is -2.21. The first kappa shape index (κ1) is 19.4. The summed E-state index contributed by atoms with van der Waals surface area (Å²) in [6.45, 7) is 8.50. The molecule has 1 heterocycles. The van der Waals surface area contributed by atoms with E-state index in [2.05, 4.69) is 15.2 Å². The fourth-order valence-corrected chi connectivity index (χ4v) is 4.10. The summed E-state index contributed by atoms with van der Waals surface area (Å²) in [6, 6.07) is 4.07. The summed E-state index contributed by atoms with van der Waals surface area (Å²) in [5, 5.41) is 6.46. The number of aryl methyl sites for hydroxylation is 2. The molecule has 0 aliphatic carbocycles. The molecule has 1 amide bonds. The summed E-state index contributed by atoms with van der Waals surface area (Å²) in [4.78, 5) is 12.3. The average molecular weight is 386 g/mol. The monoisotopic (exact) mass is 385 g/mol. The molecular formula is C16H20ClN3O4S. The number of benzene rings is 1. The number of hydrogen-bond donors (Lipinski definition) is 2. The SMILES string of the molecule is Cc1noc(C)c1NC(=O)c1ccc(Cl)c(S(=O)(=O)NC(C)(C)C)c1. The van der Waals surface area contributed by atoms with E-state index in [1.165, 1.54) is 18.2 Å². The van der Waals surface area contributed by atoms with Crippen LogP contribution in [0.4, 0.5) is 5.69 Å². The van der Waals surface area contributed by atoms with Gasteiger partial charge in [0.25, 0.3) is 5.91 Å². The first-order valence-electron chi connectivity index (χ1n) is 7.48. The number of nitrogens with one attached hydrogen (secondary N) is 2. The maximum Gasteiger partial charge on any atom is 0.255 e. The molecule has 2 aromatic rings. The lowest BCUT2D eigenvalue weighted by Crippen LogP contribution is -2.40. The standard InChI is InChI=1S/C16H20ClN3O4S/c1-9-14(10(2)24-19-9)18-15(21)11-6-7-12(17)13(8-11)25(22,23)20-16(3,4)5/h6-8,20H,1-5H3,(H,18,21). The lowest BCUT2D eigenvalue weighted by atomic mass is 10.1. The van der Waals surface area contributed by atoms with E-state index in [-0.39, 0.29) is 15.5 Å². The molecule has 9 heteroatoms. The molecule has 0 saturated heterocycles. The fourth-order valence-electron chi connectivity index (χ4n) is 2.16. The minimum Gasteiger partial charge on any atom is -0.359 e. The Hall–Kier alpha value is -1.90.